The number of ketones is 1. The lowest BCUT2D eigenvalue weighted by molar-refractivity contribution is -0.118. The molecule has 37 heavy (non-hydrogen) atoms. The van der Waals surface area contributed by atoms with Crippen molar-refractivity contribution in [1.29, 1.82) is 0 Å². The molecule has 1 saturated carbocycles. The van der Waals surface area contributed by atoms with Crippen LogP contribution in [0.3, 0.4) is 0 Å². The smallest absolute Gasteiger partial charge is 0.223 e. The third-order valence-electron chi connectivity index (χ3n) is 6.60. The van der Waals surface area contributed by atoms with E-state index in [0.29, 0.717) is 35.9 Å². The van der Waals surface area contributed by atoms with Crippen molar-refractivity contribution in [1.82, 2.24) is 25.0 Å². The molecule has 0 saturated heterocycles. The number of halogens is 2. The average molecular weight is 517 g/mol. The third kappa shape index (κ3) is 4.60. The Bertz CT molecular complexity index is 1600. The van der Waals surface area contributed by atoms with Gasteiger partial charge in [-0.25, -0.2) is 18.7 Å². The second-order valence-electron chi connectivity index (χ2n) is 8.96. The van der Waals surface area contributed by atoms with E-state index in [1.807, 2.05) is 24.3 Å². The van der Waals surface area contributed by atoms with Crippen LogP contribution in [0.15, 0.2) is 61.1 Å². The van der Waals surface area contributed by atoms with Crippen molar-refractivity contribution in [2.45, 2.75) is 31.7 Å². The number of Topliss-reactive ketones (excluding diaryl/α,β-unsaturated/α-hetero) is 1. The van der Waals surface area contributed by atoms with Crippen molar-refractivity contribution in [3.8, 4) is 21.7 Å². The van der Waals surface area contributed by atoms with Crippen LogP contribution in [0.5, 0.6) is 0 Å². The first-order valence-electron chi connectivity index (χ1n) is 12.0. The number of fused-ring (bicyclic) bond motifs is 1. The van der Waals surface area contributed by atoms with E-state index in [2.05, 4.69) is 25.6 Å². The number of hydrogen-bond acceptors (Lipinski definition) is 7. The SMILES string of the molecule is O=C1CCCC1c1ccc(F)cc1-c1cccc2cc(-c3nc(NCCn4ccnn4)ncc3F)sc12. The summed E-state index contributed by atoms with van der Waals surface area (Å²) >= 11 is 1.39. The van der Waals surface area contributed by atoms with E-state index in [-0.39, 0.29) is 23.2 Å². The predicted octanol–water partition coefficient (Wildman–Crippen LogP) is 5.84. The molecule has 2 aromatic carbocycles. The Morgan fingerprint density at radius 2 is 2.05 bits per heavy atom. The molecule has 5 aromatic rings. The van der Waals surface area contributed by atoms with Gasteiger partial charge in [0.15, 0.2) is 5.82 Å². The van der Waals surface area contributed by atoms with Crippen LogP contribution in [0, 0.1) is 11.6 Å². The maximum Gasteiger partial charge on any atom is 0.223 e. The number of carbonyl (C=O) groups excluding carboxylic acids is 1. The maximum absolute atomic E-state index is 14.9. The molecule has 3 heterocycles. The summed E-state index contributed by atoms with van der Waals surface area (Å²) in [6.45, 7) is 1.05. The van der Waals surface area contributed by atoms with Gasteiger partial charge < -0.3 is 5.32 Å². The van der Waals surface area contributed by atoms with Crippen molar-refractivity contribution in [3.63, 3.8) is 0 Å². The number of carbonyl (C=O) groups is 1. The zero-order chi connectivity index (χ0) is 25.4. The highest BCUT2D eigenvalue weighted by atomic mass is 32.1. The van der Waals surface area contributed by atoms with Gasteiger partial charge in [-0.1, -0.05) is 29.5 Å². The number of nitrogens with zero attached hydrogens (tertiary/aromatic N) is 5. The lowest BCUT2D eigenvalue weighted by Crippen LogP contribution is -2.13. The highest BCUT2D eigenvalue weighted by Gasteiger charge is 2.29. The summed E-state index contributed by atoms with van der Waals surface area (Å²) in [6, 6.07) is 12.3. The van der Waals surface area contributed by atoms with Crippen LogP contribution in [0.25, 0.3) is 31.8 Å². The van der Waals surface area contributed by atoms with E-state index in [4.69, 9.17) is 0 Å². The Morgan fingerprint density at radius 1 is 1.14 bits per heavy atom. The van der Waals surface area contributed by atoms with Gasteiger partial charge >= 0.3 is 0 Å². The summed E-state index contributed by atoms with van der Waals surface area (Å²) in [4.78, 5) is 21.7. The molecule has 7 nitrogen and oxygen atoms in total. The summed E-state index contributed by atoms with van der Waals surface area (Å²) in [7, 11) is 0. The van der Waals surface area contributed by atoms with Crippen molar-refractivity contribution < 1.29 is 13.6 Å². The lowest BCUT2D eigenvalue weighted by Gasteiger charge is -2.15. The average Bonchev–Trinajstić information content (AvgIpc) is 3.66. The molecule has 1 aliphatic carbocycles. The molecule has 0 aliphatic heterocycles. The van der Waals surface area contributed by atoms with Gasteiger partial charge in [-0.3, -0.25) is 9.48 Å². The number of thiophene rings is 1. The van der Waals surface area contributed by atoms with Crippen LogP contribution >= 0.6 is 11.3 Å². The Balaban J connectivity index is 1.37. The summed E-state index contributed by atoms with van der Waals surface area (Å²) in [5.41, 5.74) is 2.57. The van der Waals surface area contributed by atoms with E-state index in [1.54, 1.807) is 23.1 Å². The topological polar surface area (TPSA) is 85.6 Å². The molecule has 1 N–H and O–H groups in total. The van der Waals surface area contributed by atoms with Crippen LogP contribution in [0.1, 0.15) is 30.7 Å². The third-order valence-corrected chi connectivity index (χ3v) is 7.79. The maximum atomic E-state index is 14.9. The van der Waals surface area contributed by atoms with E-state index in [9.17, 15) is 13.6 Å². The van der Waals surface area contributed by atoms with Crippen molar-refractivity contribution >= 4 is 33.2 Å². The van der Waals surface area contributed by atoms with Gasteiger partial charge in [-0.15, -0.1) is 16.4 Å². The molecule has 1 unspecified atom stereocenters. The first-order chi connectivity index (χ1) is 18.1. The van der Waals surface area contributed by atoms with Crippen molar-refractivity contribution in [2.24, 2.45) is 0 Å². The monoisotopic (exact) mass is 516 g/mol. The van der Waals surface area contributed by atoms with E-state index < -0.39 is 5.82 Å². The molecule has 10 heteroatoms. The van der Waals surface area contributed by atoms with Gasteiger partial charge in [0.05, 0.1) is 23.8 Å². The van der Waals surface area contributed by atoms with Crippen LogP contribution in [-0.2, 0) is 11.3 Å². The fourth-order valence-electron chi connectivity index (χ4n) is 4.86. The first-order valence-corrected chi connectivity index (χ1v) is 12.8. The highest BCUT2D eigenvalue weighted by Crippen LogP contribution is 2.43. The molecule has 1 fully saturated rings. The Labute approximate surface area is 215 Å². The van der Waals surface area contributed by atoms with Crippen molar-refractivity contribution in [3.05, 3.63) is 78.3 Å². The van der Waals surface area contributed by atoms with Crippen molar-refractivity contribution in [2.75, 3.05) is 11.9 Å². The predicted molar refractivity (Wildman–Crippen MR) is 138 cm³/mol. The zero-order valence-corrected chi connectivity index (χ0v) is 20.5. The van der Waals surface area contributed by atoms with Crippen LogP contribution in [0.4, 0.5) is 14.7 Å². The Morgan fingerprint density at radius 3 is 2.86 bits per heavy atom. The second kappa shape index (κ2) is 9.78. The number of aromatic nitrogens is 5. The second-order valence-corrected chi connectivity index (χ2v) is 10.0. The minimum absolute atomic E-state index is 0.191. The van der Waals surface area contributed by atoms with Gasteiger partial charge in [-0.2, -0.15) is 0 Å². The van der Waals surface area contributed by atoms with Gasteiger partial charge in [0.2, 0.25) is 5.95 Å². The highest BCUT2D eigenvalue weighted by molar-refractivity contribution is 7.22. The Kier molecular flexibility index (Phi) is 6.17. The Hall–Kier alpha value is -4.05. The molecule has 3 aromatic heterocycles. The molecule has 6 rings (SSSR count). The van der Waals surface area contributed by atoms with Crippen LogP contribution < -0.4 is 5.32 Å². The fraction of sp³-hybridized carbons (Fsp3) is 0.222. The molecule has 0 spiro atoms. The van der Waals surface area contributed by atoms with Crippen LogP contribution in [0.2, 0.25) is 0 Å². The fourth-order valence-corrected chi connectivity index (χ4v) is 6.04. The molecule has 186 valence electrons. The minimum atomic E-state index is -0.530. The van der Waals surface area contributed by atoms with Crippen LogP contribution in [-0.4, -0.2) is 37.3 Å². The molecule has 0 radical (unpaired) electrons. The van der Waals surface area contributed by atoms with E-state index >= 15 is 0 Å². The van der Waals surface area contributed by atoms with Gasteiger partial charge in [0, 0.05) is 29.8 Å². The largest absolute Gasteiger partial charge is 0.352 e. The minimum Gasteiger partial charge on any atom is -0.352 e. The van der Waals surface area contributed by atoms with Gasteiger partial charge in [0.25, 0.3) is 0 Å². The number of benzene rings is 2. The summed E-state index contributed by atoms with van der Waals surface area (Å²) in [6.07, 6.45) is 6.66. The standard InChI is InChI=1S/C27H22F2N6OS/c28-17-7-8-18(19-4-2-6-23(19)36)21(14-17)20-5-1-3-16-13-24(37-26(16)20)25-22(29)15-31-27(33-25)30-9-11-35-12-10-32-34-35/h1,3,5,7-8,10,12-15,19H,2,4,6,9,11H2,(H,30,31,33). The molecular weight excluding hydrogens is 494 g/mol. The van der Waals surface area contributed by atoms with E-state index in [0.717, 1.165) is 40.3 Å². The number of anilines is 1. The van der Waals surface area contributed by atoms with Gasteiger partial charge in [0.1, 0.15) is 17.3 Å². The molecule has 1 aliphatic rings. The number of nitrogens with one attached hydrogen (secondary N) is 1. The quantitative estimate of drug-likeness (QED) is 0.292. The van der Waals surface area contributed by atoms with E-state index in [1.165, 1.54) is 23.5 Å². The molecule has 1 atom stereocenters. The summed E-state index contributed by atoms with van der Waals surface area (Å²) in [5, 5.41) is 11.7. The van der Waals surface area contributed by atoms with Gasteiger partial charge in [-0.05, 0) is 53.1 Å². The molecular formula is C27H22F2N6OS. The molecule has 0 bridgehead atoms. The first kappa shape index (κ1) is 23.4. The number of rotatable bonds is 7. The normalized spacial score (nSPS) is 15.5. The zero-order valence-electron chi connectivity index (χ0n) is 19.7. The molecule has 0 amide bonds. The summed E-state index contributed by atoms with van der Waals surface area (Å²) < 4.78 is 31.8. The lowest BCUT2D eigenvalue weighted by atomic mass is 9.88. The number of hydrogen-bond donors (Lipinski definition) is 1. The summed E-state index contributed by atoms with van der Waals surface area (Å²) in [5.74, 6) is -0.615.